The number of carbonyl (C=O) groups is 1. The van der Waals surface area contributed by atoms with E-state index in [0.29, 0.717) is 23.8 Å². The van der Waals surface area contributed by atoms with Crippen LogP contribution in [0.15, 0.2) is 17.3 Å². The normalized spacial score (nSPS) is 11.1. The summed E-state index contributed by atoms with van der Waals surface area (Å²) in [6, 6.07) is 0. The molecule has 0 unspecified atom stereocenters. The van der Waals surface area contributed by atoms with Crippen LogP contribution in [0.5, 0.6) is 0 Å². The van der Waals surface area contributed by atoms with Gasteiger partial charge in [0.25, 0.3) is 11.5 Å². The van der Waals surface area contributed by atoms with Crippen LogP contribution in [0.2, 0.25) is 5.02 Å². The van der Waals surface area contributed by atoms with Crippen LogP contribution in [0.25, 0.3) is 11.2 Å². The second-order valence-electron chi connectivity index (χ2n) is 5.00. The number of carbonyl (C=O) groups excluding carboxylic acids is 1. The molecule has 4 N–H and O–H groups in total. The van der Waals surface area contributed by atoms with E-state index in [4.69, 9.17) is 17.3 Å². The third kappa shape index (κ3) is 2.95. The summed E-state index contributed by atoms with van der Waals surface area (Å²) in [5.41, 5.74) is 5.86. The third-order valence-corrected chi connectivity index (χ3v) is 3.66. The number of hydrogen-bond acceptors (Lipinski definition) is 6. The van der Waals surface area contributed by atoms with Crippen LogP contribution in [-0.2, 0) is 13.1 Å². The molecule has 0 spiro atoms. The van der Waals surface area contributed by atoms with E-state index in [0.717, 1.165) is 0 Å². The van der Waals surface area contributed by atoms with E-state index in [1.54, 1.807) is 15.4 Å². The summed E-state index contributed by atoms with van der Waals surface area (Å²) in [5.74, 6) is -0.364. The van der Waals surface area contributed by atoms with Crippen molar-refractivity contribution in [3.05, 3.63) is 33.6 Å². The lowest BCUT2D eigenvalue weighted by atomic mass is 10.4. The van der Waals surface area contributed by atoms with Gasteiger partial charge < -0.3 is 15.6 Å². The van der Waals surface area contributed by atoms with E-state index < -0.39 is 5.56 Å². The summed E-state index contributed by atoms with van der Waals surface area (Å²) in [4.78, 5) is 34.2. The van der Waals surface area contributed by atoms with E-state index in [1.165, 1.54) is 6.33 Å². The van der Waals surface area contributed by atoms with E-state index in [9.17, 15) is 9.59 Å². The minimum absolute atomic E-state index is 0.00942. The van der Waals surface area contributed by atoms with Crippen molar-refractivity contribution in [3.63, 3.8) is 0 Å². The number of aromatic nitrogens is 6. The van der Waals surface area contributed by atoms with Crippen LogP contribution in [-0.4, -0.2) is 41.8 Å². The number of halogens is 1. The first-order valence-corrected chi connectivity index (χ1v) is 7.59. The second kappa shape index (κ2) is 6.32. The molecule has 0 aliphatic rings. The maximum absolute atomic E-state index is 12.1. The molecule has 0 radical (unpaired) electrons. The Morgan fingerprint density at radius 2 is 2.29 bits per heavy atom. The average Bonchev–Trinajstić information content (AvgIpc) is 3.11. The molecule has 11 heteroatoms. The standard InChI is InChI=1S/C13H15ClN8O2/c1-2-22-5-7(14)8(20-22)11(23)16-3-4-21-6-17-9-10(21)18-13(15)19-12(9)24/h5-6H,2-4H2,1H3,(H,16,23)(H3,15,18,19,24). The fourth-order valence-corrected chi connectivity index (χ4v) is 2.46. The van der Waals surface area contributed by atoms with Gasteiger partial charge in [0.1, 0.15) is 0 Å². The van der Waals surface area contributed by atoms with Crippen LogP contribution in [0, 0.1) is 0 Å². The predicted molar refractivity (Wildman–Crippen MR) is 87.8 cm³/mol. The van der Waals surface area contributed by atoms with Gasteiger partial charge in [-0.15, -0.1) is 0 Å². The summed E-state index contributed by atoms with van der Waals surface area (Å²) in [6.07, 6.45) is 3.07. The number of amides is 1. The number of nitrogens with two attached hydrogens (primary N) is 1. The van der Waals surface area contributed by atoms with Crippen LogP contribution >= 0.6 is 11.6 Å². The highest BCUT2D eigenvalue weighted by atomic mass is 35.5. The van der Waals surface area contributed by atoms with Gasteiger partial charge in [0, 0.05) is 25.8 Å². The summed E-state index contributed by atoms with van der Waals surface area (Å²) >= 11 is 5.99. The van der Waals surface area contributed by atoms with Crippen LogP contribution in [0.4, 0.5) is 5.95 Å². The van der Waals surface area contributed by atoms with Gasteiger partial charge in [0.05, 0.1) is 11.3 Å². The highest BCUT2D eigenvalue weighted by Gasteiger charge is 2.15. The Balaban J connectivity index is 1.69. The first-order chi connectivity index (χ1) is 11.5. The predicted octanol–water partition coefficient (Wildman–Crippen LogP) is 0.00160. The number of nitrogens with zero attached hydrogens (tertiary/aromatic N) is 5. The van der Waals surface area contributed by atoms with E-state index in [-0.39, 0.29) is 29.6 Å². The first kappa shape index (κ1) is 16.0. The van der Waals surface area contributed by atoms with Crippen molar-refractivity contribution in [1.82, 2.24) is 34.6 Å². The maximum atomic E-state index is 12.1. The van der Waals surface area contributed by atoms with Gasteiger partial charge in [-0.05, 0) is 6.92 Å². The molecule has 3 aromatic heterocycles. The van der Waals surface area contributed by atoms with Crippen molar-refractivity contribution in [1.29, 1.82) is 0 Å². The molecule has 0 saturated carbocycles. The molecule has 126 valence electrons. The highest BCUT2D eigenvalue weighted by molar-refractivity contribution is 6.33. The number of nitrogen functional groups attached to an aromatic ring is 1. The van der Waals surface area contributed by atoms with E-state index >= 15 is 0 Å². The zero-order valence-corrected chi connectivity index (χ0v) is 13.5. The molecule has 0 fully saturated rings. The smallest absolute Gasteiger partial charge is 0.280 e. The largest absolute Gasteiger partial charge is 0.369 e. The number of rotatable bonds is 5. The van der Waals surface area contributed by atoms with Gasteiger partial charge >= 0.3 is 0 Å². The Hall–Kier alpha value is -2.88. The van der Waals surface area contributed by atoms with Gasteiger partial charge in [-0.3, -0.25) is 19.3 Å². The topological polar surface area (TPSA) is 137 Å². The Labute approximate surface area is 140 Å². The lowest BCUT2D eigenvalue weighted by molar-refractivity contribution is 0.0946. The van der Waals surface area contributed by atoms with Crippen molar-refractivity contribution in [2.45, 2.75) is 20.0 Å². The van der Waals surface area contributed by atoms with Gasteiger partial charge in [0.2, 0.25) is 5.95 Å². The van der Waals surface area contributed by atoms with Crippen molar-refractivity contribution in [3.8, 4) is 0 Å². The molecule has 3 heterocycles. The molecule has 10 nitrogen and oxygen atoms in total. The number of aryl methyl sites for hydroxylation is 1. The van der Waals surface area contributed by atoms with Gasteiger partial charge in [0.15, 0.2) is 16.9 Å². The molecule has 1 amide bonds. The SMILES string of the molecule is CCn1cc(Cl)c(C(=O)NCCn2cnc3c(=O)[nH]c(N)nc32)n1. The number of nitrogens with one attached hydrogen (secondary N) is 2. The molecule has 24 heavy (non-hydrogen) atoms. The molecule has 3 rings (SSSR count). The minimum atomic E-state index is -0.405. The molecular formula is C13H15ClN8O2. The summed E-state index contributed by atoms with van der Waals surface area (Å²) in [5, 5.41) is 7.11. The van der Waals surface area contributed by atoms with Gasteiger partial charge in [-0.1, -0.05) is 11.6 Å². The number of H-pyrrole nitrogens is 1. The van der Waals surface area contributed by atoms with Crippen molar-refractivity contribution in [2.75, 3.05) is 12.3 Å². The molecule has 0 aromatic carbocycles. The van der Waals surface area contributed by atoms with Crippen LogP contribution < -0.4 is 16.6 Å². The molecule has 0 atom stereocenters. The van der Waals surface area contributed by atoms with E-state index in [2.05, 4.69) is 25.4 Å². The second-order valence-corrected chi connectivity index (χ2v) is 5.41. The number of aromatic amines is 1. The number of anilines is 1. The quantitative estimate of drug-likeness (QED) is 0.592. The van der Waals surface area contributed by atoms with Gasteiger partial charge in [-0.2, -0.15) is 10.1 Å². The summed E-state index contributed by atoms with van der Waals surface area (Å²) in [7, 11) is 0. The molecule has 0 aliphatic heterocycles. The number of imidazole rings is 1. The van der Waals surface area contributed by atoms with E-state index in [1.807, 2.05) is 6.92 Å². The summed E-state index contributed by atoms with van der Waals surface area (Å²) in [6.45, 7) is 3.17. The molecule has 0 saturated heterocycles. The maximum Gasteiger partial charge on any atom is 0.280 e. The zero-order chi connectivity index (χ0) is 17.3. The Morgan fingerprint density at radius 1 is 1.50 bits per heavy atom. The number of fused-ring (bicyclic) bond motifs is 1. The van der Waals surface area contributed by atoms with Crippen molar-refractivity contribution >= 4 is 34.6 Å². The third-order valence-electron chi connectivity index (χ3n) is 3.39. The monoisotopic (exact) mass is 350 g/mol. The number of hydrogen-bond donors (Lipinski definition) is 3. The fraction of sp³-hybridized carbons (Fsp3) is 0.308. The fourth-order valence-electron chi connectivity index (χ4n) is 2.22. The molecular weight excluding hydrogens is 336 g/mol. The zero-order valence-electron chi connectivity index (χ0n) is 12.8. The van der Waals surface area contributed by atoms with Crippen molar-refractivity contribution in [2.24, 2.45) is 0 Å². The Morgan fingerprint density at radius 3 is 3.00 bits per heavy atom. The average molecular weight is 351 g/mol. The van der Waals surface area contributed by atoms with Crippen LogP contribution in [0.3, 0.4) is 0 Å². The molecule has 0 bridgehead atoms. The lowest BCUT2D eigenvalue weighted by Crippen LogP contribution is -2.28. The Bertz CT molecular complexity index is 957. The lowest BCUT2D eigenvalue weighted by Gasteiger charge is -2.05. The van der Waals surface area contributed by atoms with Crippen molar-refractivity contribution < 1.29 is 4.79 Å². The van der Waals surface area contributed by atoms with Gasteiger partial charge in [-0.25, -0.2) is 4.98 Å². The van der Waals surface area contributed by atoms with Crippen LogP contribution in [0.1, 0.15) is 17.4 Å². The Kier molecular flexibility index (Phi) is 4.21. The summed E-state index contributed by atoms with van der Waals surface area (Å²) < 4.78 is 3.22. The minimum Gasteiger partial charge on any atom is -0.369 e. The first-order valence-electron chi connectivity index (χ1n) is 7.21. The molecule has 0 aliphatic carbocycles. The highest BCUT2D eigenvalue weighted by Crippen LogP contribution is 2.13. The molecule has 3 aromatic rings.